The molecule has 100 valence electrons. The predicted molar refractivity (Wildman–Crippen MR) is 66.6 cm³/mol. The van der Waals surface area contributed by atoms with E-state index in [1.807, 2.05) is 0 Å². The molecular weight excluding hydrogens is 277 g/mol. The van der Waals surface area contributed by atoms with Gasteiger partial charge < -0.3 is 5.11 Å². The topological polar surface area (TPSA) is 20.2 Å². The van der Waals surface area contributed by atoms with Crippen LogP contribution in [0.4, 0.5) is 13.2 Å². The molecule has 2 rings (SSSR count). The first-order valence-electron chi connectivity index (χ1n) is 5.49. The van der Waals surface area contributed by atoms with Crippen molar-refractivity contribution in [1.29, 1.82) is 0 Å². The molecule has 0 aromatic heterocycles. The van der Waals surface area contributed by atoms with E-state index in [-0.39, 0.29) is 5.56 Å². The molecule has 0 fully saturated rings. The minimum atomic E-state index is -1.54. The Balaban J connectivity index is 2.56. The Hall–Kier alpha value is -1.52. The van der Waals surface area contributed by atoms with Crippen LogP contribution in [0, 0.1) is 24.4 Å². The van der Waals surface area contributed by atoms with Gasteiger partial charge in [-0.25, -0.2) is 13.2 Å². The quantitative estimate of drug-likeness (QED) is 0.879. The summed E-state index contributed by atoms with van der Waals surface area (Å²) in [5.74, 6) is -3.30. The molecule has 2 aromatic carbocycles. The fourth-order valence-electron chi connectivity index (χ4n) is 1.89. The zero-order valence-electron chi connectivity index (χ0n) is 9.92. The van der Waals surface area contributed by atoms with Gasteiger partial charge in [0.15, 0.2) is 0 Å². The molecule has 0 aliphatic rings. The fraction of sp³-hybridized carbons (Fsp3) is 0.143. The minimum absolute atomic E-state index is 0.275. The number of rotatable bonds is 2. The number of aliphatic hydroxyl groups is 1. The second-order valence-corrected chi connectivity index (χ2v) is 4.55. The Morgan fingerprint density at radius 1 is 1.11 bits per heavy atom. The van der Waals surface area contributed by atoms with Gasteiger partial charge >= 0.3 is 0 Å². The summed E-state index contributed by atoms with van der Waals surface area (Å²) >= 11 is 5.89. The van der Waals surface area contributed by atoms with Crippen molar-refractivity contribution in [2.45, 2.75) is 13.0 Å². The van der Waals surface area contributed by atoms with E-state index in [0.29, 0.717) is 22.7 Å². The van der Waals surface area contributed by atoms with Crippen LogP contribution in [0.2, 0.25) is 5.02 Å². The number of hydrogen-bond donors (Lipinski definition) is 1. The second-order valence-electron chi connectivity index (χ2n) is 4.14. The standard InChI is InChI=1S/C14H10ClF3O/c1-7-9(3-2-4-10(7)15)14(19)13-11(17)5-8(16)6-12(13)18/h2-6,14,19H,1H3. The van der Waals surface area contributed by atoms with Crippen LogP contribution in [0.5, 0.6) is 0 Å². The van der Waals surface area contributed by atoms with Crippen molar-refractivity contribution in [3.05, 3.63) is 69.5 Å². The third-order valence-corrected chi connectivity index (χ3v) is 3.33. The first-order valence-corrected chi connectivity index (χ1v) is 5.87. The van der Waals surface area contributed by atoms with Gasteiger partial charge in [0.05, 0.1) is 5.56 Å². The molecule has 0 heterocycles. The van der Waals surface area contributed by atoms with Gasteiger partial charge in [-0.3, -0.25) is 0 Å². The van der Waals surface area contributed by atoms with Crippen LogP contribution in [0.1, 0.15) is 22.8 Å². The number of hydrogen-bond acceptors (Lipinski definition) is 1. The molecule has 0 amide bonds. The van der Waals surface area contributed by atoms with Gasteiger partial charge in [-0.15, -0.1) is 0 Å². The summed E-state index contributed by atoms with van der Waals surface area (Å²) in [5.41, 5.74) is 0.198. The van der Waals surface area contributed by atoms with E-state index in [1.54, 1.807) is 19.1 Å². The van der Waals surface area contributed by atoms with Gasteiger partial charge in [0.25, 0.3) is 0 Å². The largest absolute Gasteiger partial charge is 0.383 e. The first kappa shape index (κ1) is 13.9. The molecule has 0 aliphatic heterocycles. The first-order chi connectivity index (χ1) is 8.91. The molecule has 0 spiro atoms. The summed E-state index contributed by atoms with van der Waals surface area (Å²) in [6.07, 6.45) is -1.54. The van der Waals surface area contributed by atoms with Crippen LogP contribution in [-0.2, 0) is 0 Å². The third-order valence-electron chi connectivity index (χ3n) is 2.92. The van der Waals surface area contributed by atoms with Crippen molar-refractivity contribution in [1.82, 2.24) is 0 Å². The maximum Gasteiger partial charge on any atom is 0.135 e. The SMILES string of the molecule is Cc1c(Cl)cccc1C(O)c1c(F)cc(F)cc1F. The molecule has 0 radical (unpaired) electrons. The Morgan fingerprint density at radius 3 is 2.26 bits per heavy atom. The summed E-state index contributed by atoms with van der Waals surface area (Å²) in [7, 11) is 0. The molecule has 19 heavy (non-hydrogen) atoms. The van der Waals surface area contributed by atoms with Gasteiger partial charge in [0, 0.05) is 17.2 Å². The van der Waals surface area contributed by atoms with Crippen LogP contribution in [-0.4, -0.2) is 5.11 Å². The Labute approximate surface area is 113 Å². The molecule has 1 nitrogen and oxygen atoms in total. The molecule has 0 aliphatic carbocycles. The average molecular weight is 287 g/mol. The lowest BCUT2D eigenvalue weighted by molar-refractivity contribution is 0.208. The normalized spacial score (nSPS) is 12.5. The highest BCUT2D eigenvalue weighted by Gasteiger charge is 2.22. The van der Waals surface area contributed by atoms with E-state index < -0.39 is 29.1 Å². The Kier molecular flexibility index (Phi) is 3.83. The second kappa shape index (κ2) is 5.23. The Morgan fingerprint density at radius 2 is 1.68 bits per heavy atom. The van der Waals surface area contributed by atoms with Gasteiger partial charge in [-0.05, 0) is 24.1 Å². The highest BCUT2D eigenvalue weighted by molar-refractivity contribution is 6.31. The van der Waals surface area contributed by atoms with Crippen molar-refractivity contribution >= 4 is 11.6 Å². The van der Waals surface area contributed by atoms with Crippen LogP contribution < -0.4 is 0 Å². The molecule has 0 saturated carbocycles. The summed E-state index contributed by atoms with van der Waals surface area (Å²) in [4.78, 5) is 0. The molecule has 1 unspecified atom stereocenters. The lowest BCUT2D eigenvalue weighted by Crippen LogP contribution is -2.08. The van der Waals surface area contributed by atoms with Gasteiger partial charge in [-0.2, -0.15) is 0 Å². The van der Waals surface area contributed by atoms with Crippen LogP contribution in [0.25, 0.3) is 0 Å². The van der Waals surface area contributed by atoms with Crippen molar-refractivity contribution in [2.24, 2.45) is 0 Å². The maximum atomic E-state index is 13.6. The minimum Gasteiger partial charge on any atom is -0.383 e. The van der Waals surface area contributed by atoms with Gasteiger partial charge in [-0.1, -0.05) is 23.7 Å². The van der Waals surface area contributed by atoms with Crippen LogP contribution in [0.3, 0.4) is 0 Å². The van der Waals surface area contributed by atoms with Gasteiger partial charge in [0.2, 0.25) is 0 Å². The smallest absolute Gasteiger partial charge is 0.135 e. The monoisotopic (exact) mass is 286 g/mol. The highest BCUT2D eigenvalue weighted by atomic mass is 35.5. The molecule has 1 N–H and O–H groups in total. The zero-order chi connectivity index (χ0) is 14.2. The van der Waals surface area contributed by atoms with Crippen molar-refractivity contribution in [2.75, 3.05) is 0 Å². The summed E-state index contributed by atoms with van der Waals surface area (Å²) < 4.78 is 40.0. The van der Waals surface area contributed by atoms with Crippen molar-refractivity contribution in [3.8, 4) is 0 Å². The van der Waals surface area contributed by atoms with Crippen LogP contribution >= 0.6 is 11.6 Å². The van der Waals surface area contributed by atoms with Gasteiger partial charge in [0.1, 0.15) is 23.6 Å². The number of aliphatic hydroxyl groups excluding tert-OH is 1. The summed E-state index contributed by atoms with van der Waals surface area (Å²) in [5, 5.41) is 10.5. The number of benzene rings is 2. The molecule has 0 bridgehead atoms. The van der Waals surface area contributed by atoms with Crippen LogP contribution in [0.15, 0.2) is 30.3 Å². The van der Waals surface area contributed by atoms with E-state index in [0.717, 1.165) is 0 Å². The van der Waals surface area contributed by atoms with Crippen molar-refractivity contribution in [3.63, 3.8) is 0 Å². The summed E-state index contributed by atoms with van der Waals surface area (Å²) in [6.45, 7) is 1.63. The average Bonchev–Trinajstić information content (AvgIpc) is 2.31. The molecule has 0 saturated heterocycles. The predicted octanol–water partition coefficient (Wildman–Crippen LogP) is 4.15. The van der Waals surface area contributed by atoms with E-state index in [1.165, 1.54) is 6.07 Å². The molecule has 5 heteroatoms. The lowest BCUT2D eigenvalue weighted by Gasteiger charge is -2.16. The number of halogens is 4. The summed E-state index contributed by atoms with van der Waals surface area (Å²) in [6, 6.07) is 5.73. The van der Waals surface area contributed by atoms with E-state index in [9.17, 15) is 18.3 Å². The highest BCUT2D eigenvalue weighted by Crippen LogP contribution is 2.31. The molecule has 2 aromatic rings. The zero-order valence-corrected chi connectivity index (χ0v) is 10.7. The van der Waals surface area contributed by atoms with Crippen molar-refractivity contribution < 1.29 is 18.3 Å². The lowest BCUT2D eigenvalue weighted by atomic mass is 9.96. The molecular formula is C14H10ClF3O. The van der Waals surface area contributed by atoms with E-state index in [2.05, 4.69) is 0 Å². The Bertz CT molecular complexity index is 605. The molecule has 1 atom stereocenters. The van der Waals surface area contributed by atoms with E-state index >= 15 is 0 Å². The fourth-order valence-corrected chi connectivity index (χ4v) is 2.07. The third kappa shape index (κ3) is 2.60. The maximum absolute atomic E-state index is 13.6. The van der Waals surface area contributed by atoms with E-state index in [4.69, 9.17) is 11.6 Å².